The van der Waals surface area contributed by atoms with E-state index in [1.807, 2.05) is 231 Å². The van der Waals surface area contributed by atoms with Gasteiger partial charge in [0.1, 0.15) is 0 Å². The van der Waals surface area contributed by atoms with Gasteiger partial charge in [0.25, 0.3) is 0 Å². The van der Waals surface area contributed by atoms with Gasteiger partial charge in [-0.2, -0.15) is 0 Å². The first kappa shape index (κ1) is 46.6. The van der Waals surface area contributed by atoms with Crippen LogP contribution in [0.15, 0.2) is 279 Å². The Morgan fingerprint density at radius 3 is 1.07 bits per heavy atom. The molecule has 14 rings (SSSR count). The minimum absolute atomic E-state index is 0.774. The van der Waals surface area contributed by atoms with Crippen molar-refractivity contribution in [2.45, 2.75) is 0 Å². The van der Waals surface area contributed by atoms with Crippen molar-refractivity contribution >= 4 is 111 Å². The van der Waals surface area contributed by atoms with Gasteiger partial charge in [-0.05, 0) is 29.0 Å². The third kappa shape index (κ3) is 8.07. The molecule has 4 heterocycles. The zero-order valence-corrected chi connectivity index (χ0v) is 42.8. The molecule has 0 amide bonds. The van der Waals surface area contributed by atoms with E-state index < -0.39 is 14.3 Å². The quantitative estimate of drug-likeness (QED) is 0.111. The van der Waals surface area contributed by atoms with Crippen LogP contribution >= 0.6 is 14.3 Å². The van der Waals surface area contributed by atoms with Crippen molar-refractivity contribution in [2.75, 3.05) is 0 Å². The van der Waals surface area contributed by atoms with Gasteiger partial charge in [0.15, 0.2) is 14.3 Å². The lowest BCUT2D eigenvalue weighted by atomic mass is 9.99. The molecule has 76 heavy (non-hydrogen) atoms. The Hall–Kier alpha value is -9.18. The monoisotopic (exact) mass is 1010 g/mol. The lowest BCUT2D eigenvalue weighted by molar-refractivity contribution is 0.591. The van der Waals surface area contributed by atoms with E-state index in [4.69, 9.17) is 19.9 Å². The Morgan fingerprint density at radius 1 is 0.276 bits per heavy atom. The fourth-order valence-electron chi connectivity index (χ4n) is 10.7. The summed E-state index contributed by atoms with van der Waals surface area (Å²) in [5, 5.41) is 13.7. The molecule has 8 heteroatoms. The molecule has 0 spiro atoms. The molecule has 0 aliphatic heterocycles. The second-order valence-electron chi connectivity index (χ2n) is 18.8. The molecule has 360 valence electrons. The van der Waals surface area contributed by atoms with Gasteiger partial charge in [0.2, 0.25) is 0 Å². The van der Waals surface area contributed by atoms with Crippen LogP contribution in [-0.4, -0.2) is 19.9 Å². The molecule has 0 saturated carbocycles. The zero-order chi connectivity index (χ0) is 51.1. The highest BCUT2D eigenvalue weighted by Crippen LogP contribution is 2.45. The van der Waals surface area contributed by atoms with Gasteiger partial charge in [-0.25, -0.2) is 9.97 Å². The van der Waals surface area contributed by atoms with E-state index in [0.29, 0.717) is 0 Å². The van der Waals surface area contributed by atoms with Gasteiger partial charge in [-0.15, -0.1) is 0 Å². The van der Waals surface area contributed by atoms with Gasteiger partial charge in [0, 0.05) is 87.7 Å². The third-order valence-electron chi connectivity index (χ3n) is 14.3. The van der Waals surface area contributed by atoms with Crippen LogP contribution in [-0.2, 0) is 9.13 Å². The maximum atomic E-state index is 15.0. The van der Waals surface area contributed by atoms with E-state index in [9.17, 15) is 4.57 Å². The molecular formula is C68H46N4O2P2. The number of pyridine rings is 4. The van der Waals surface area contributed by atoms with Gasteiger partial charge >= 0.3 is 0 Å². The molecule has 4 aromatic heterocycles. The first-order chi connectivity index (χ1) is 37.5. The molecule has 0 aliphatic rings. The molecule has 0 aliphatic carbocycles. The van der Waals surface area contributed by atoms with Crippen molar-refractivity contribution in [1.82, 2.24) is 19.9 Å². The maximum absolute atomic E-state index is 15.0. The fraction of sp³-hybridized carbons (Fsp3) is 0. The number of nitrogens with zero attached hydrogens (tertiary/aromatic N) is 4. The smallest absolute Gasteiger partial charge is 0.171 e. The summed E-state index contributed by atoms with van der Waals surface area (Å²) in [5.41, 5.74) is 7.00. The standard InChI is InChI=1S/2C34H23N2OP/c37-38(26-14-3-1-4-15-26,27-16-5-2-6-17-27)28-18-11-13-24(22-28)33-34-32(30-20-9-10-21-31(30)36-33)29-19-8-7-12-25(29)23-35-34;37-38(26-12-3-1-4-13-26,27-14-5-2-6-15-27)28-21-19-24(20-22-28)33-34-32(30-17-9-10-18-31(30)36-33)29-16-8-7-11-25(29)23-35-34/h2*1-23H. The van der Waals surface area contributed by atoms with Crippen molar-refractivity contribution in [3.05, 3.63) is 279 Å². The second-order valence-corrected chi connectivity index (χ2v) is 24.3. The molecule has 0 fully saturated rings. The summed E-state index contributed by atoms with van der Waals surface area (Å²) in [6, 6.07) is 88.2. The van der Waals surface area contributed by atoms with Crippen molar-refractivity contribution in [2.24, 2.45) is 0 Å². The average molecular weight is 1010 g/mol. The molecule has 10 aromatic carbocycles. The van der Waals surface area contributed by atoms with Gasteiger partial charge < -0.3 is 9.13 Å². The van der Waals surface area contributed by atoms with Gasteiger partial charge in [-0.3, -0.25) is 9.97 Å². The second kappa shape index (κ2) is 19.6. The summed E-state index contributed by atoms with van der Waals surface area (Å²) in [5.74, 6) is 0. The minimum Gasteiger partial charge on any atom is -0.309 e. The molecule has 0 N–H and O–H groups in total. The van der Waals surface area contributed by atoms with E-state index in [1.165, 1.54) is 0 Å². The highest BCUT2D eigenvalue weighted by atomic mass is 31.2. The normalized spacial score (nSPS) is 11.8. The van der Waals surface area contributed by atoms with Crippen LogP contribution < -0.4 is 31.8 Å². The summed E-state index contributed by atoms with van der Waals surface area (Å²) in [7, 11) is -6.16. The molecule has 0 bridgehead atoms. The van der Waals surface area contributed by atoms with E-state index in [1.54, 1.807) is 0 Å². The zero-order valence-electron chi connectivity index (χ0n) is 41.1. The van der Waals surface area contributed by atoms with E-state index in [0.717, 1.165) is 119 Å². The van der Waals surface area contributed by atoms with Crippen LogP contribution in [0, 0.1) is 0 Å². The van der Waals surface area contributed by atoms with Gasteiger partial charge in [-0.1, -0.05) is 249 Å². The largest absolute Gasteiger partial charge is 0.309 e. The van der Waals surface area contributed by atoms with Crippen molar-refractivity contribution < 1.29 is 9.13 Å². The molecule has 14 aromatic rings. The number of benzene rings is 10. The fourth-order valence-corrected chi connectivity index (χ4v) is 16.0. The van der Waals surface area contributed by atoms with Crippen molar-refractivity contribution in [3.63, 3.8) is 0 Å². The minimum atomic E-state index is -3.12. The van der Waals surface area contributed by atoms with E-state index in [-0.39, 0.29) is 0 Å². The number of rotatable bonds is 8. The Kier molecular flexibility index (Phi) is 12.0. The number of fused-ring (bicyclic) bond motifs is 10. The first-order valence-corrected chi connectivity index (χ1v) is 28.7. The lowest BCUT2D eigenvalue weighted by Crippen LogP contribution is -2.25. The van der Waals surface area contributed by atoms with E-state index >= 15 is 4.57 Å². The average Bonchev–Trinajstić information content (AvgIpc) is 3.54. The number of hydrogen-bond acceptors (Lipinski definition) is 6. The van der Waals surface area contributed by atoms with Crippen LogP contribution in [0.25, 0.3) is 87.7 Å². The summed E-state index contributed by atoms with van der Waals surface area (Å²) in [6.45, 7) is 0. The van der Waals surface area contributed by atoms with Crippen LogP contribution in [0.4, 0.5) is 0 Å². The Labute approximate surface area is 439 Å². The molecule has 0 atom stereocenters. The molecule has 0 saturated heterocycles. The SMILES string of the molecule is O=P(c1ccccc1)(c1ccccc1)c1ccc(-c2nc3ccccc3c3c2ncc2ccccc23)cc1.O=P(c1ccccc1)(c1ccccc1)c1cccc(-c2nc3ccccc3c3c2ncc2ccccc23)c1. The molecule has 0 unspecified atom stereocenters. The van der Waals surface area contributed by atoms with Crippen molar-refractivity contribution in [3.8, 4) is 22.5 Å². The Balaban J connectivity index is 0.000000146. The first-order valence-electron chi connectivity index (χ1n) is 25.2. The highest BCUT2D eigenvalue weighted by Gasteiger charge is 2.31. The maximum Gasteiger partial charge on any atom is 0.171 e. The number of aromatic nitrogens is 4. The lowest BCUT2D eigenvalue weighted by Gasteiger charge is -2.21. The van der Waals surface area contributed by atoms with Crippen LogP contribution in [0.3, 0.4) is 0 Å². The summed E-state index contributed by atoms with van der Waals surface area (Å²) < 4.78 is 29.8. The predicted molar refractivity (Wildman–Crippen MR) is 319 cm³/mol. The summed E-state index contributed by atoms with van der Waals surface area (Å²) in [6.07, 6.45) is 3.84. The van der Waals surface area contributed by atoms with Gasteiger partial charge in [0.05, 0.1) is 33.5 Å². The number of hydrogen-bond donors (Lipinski definition) is 0. The van der Waals surface area contributed by atoms with Crippen LogP contribution in [0.5, 0.6) is 0 Å². The molecule has 0 radical (unpaired) electrons. The van der Waals surface area contributed by atoms with Crippen LogP contribution in [0.1, 0.15) is 0 Å². The van der Waals surface area contributed by atoms with Crippen molar-refractivity contribution in [1.29, 1.82) is 0 Å². The highest BCUT2D eigenvalue weighted by molar-refractivity contribution is 7.85. The topological polar surface area (TPSA) is 85.7 Å². The number of para-hydroxylation sites is 2. The third-order valence-corrected chi connectivity index (χ3v) is 20.5. The Morgan fingerprint density at radius 2 is 0.618 bits per heavy atom. The summed E-state index contributed by atoms with van der Waals surface area (Å²) >= 11 is 0. The summed E-state index contributed by atoms with van der Waals surface area (Å²) in [4.78, 5) is 20.0. The molecule has 6 nitrogen and oxygen atoms in total. The van der Waals surface area contributed by atoms with Crippen LogP contribution in [0.2, 0.25) is 0 Å². The Bertz CT molecular complexity index is 4460. The predicted octanol–water partition coefficient (Wildman–Crippen LogP) is 14.5. The van der Waals surface area contributed by atoms with E-state index in [2.05, 4.69) is 48.5 Å². The molecular weight excluding hydrogens is 967 g/mol.